The molecule has 2 N–H and O–H groups in total. The summed E-state index contributed by atoms with van der Waals surface area (Å²) in [6.45, 7) is 1.37. The molecule has 3 rings (SSSR count). The molecule has 0 radical (unpaired) electrons. The summed E-state index contributed by atoms with van der Waals surface area (Å²) < 4.78 is 5.84. The highest BCUT2D eigenvalue weighted by atomic mass is 35.5. The number of halogens is 1. The average Bonchev–Trinajstić information content (AvgIpc) is 3.27. The minimum Gasteiger partial charge on any atom is -0.491 e. The lowest BCUT2D eigenvalue weighted by atomic mass is 10.1. The molecule has 0 amide bonds. The molecule has 1 aliphatic rings. The van der Waals surface area contributed by atoms with Gasteiger partial charge in [-0.25, -0.2) is 0 Å². The Balaban J connectivity index is 1.74. The molecule has 4 heteroatoms. The maximum atomic E-state index is 5.90. The van der Waals surface area contributed by atoms with Crippen LogP contribution in [0.15, 0.2) is 42.7 Å². The third-order valence-electron chi connectivity index (χ3n) is 3.83. The van der Waals surface area contributed by atoms with Gasteiger partial charge in [0, 0.05) is 28.7 Å². The molecule has 1 fully saturated rings. The van der Waals surface area contributed by atoms with Gasteiger partial charge in [0.05, 0.1) is 12.8 Å². The zero-order valence-electron chi connectivity index (χ0n) is 11.2. The summed E-state index contributed by atoms with van der Waals surface area (Å²) in [6.07, 6.45) is 5.89. The van der Waals surface area contributed by atoms with Crippen LogP contribution in [0.2, 0.25) is 5.02 Å². The Labute approximate surface area is 123 Å². The van der Waals surface area contributed by atoms with Crippen molar-refractivity contribution in [3.8, 4) is 16.9 Å². The number of nitrogens with two attached hydrogens (primary N) is 1. The van der Waals surface area contributed by atoms with E-state index in [1.165, 1.54) is 0 Å². The van der Waals surface area contributed by atoms with Crippen molar-refractivity contribution < 1.29 is 4.74 Å². The standard InChI is InChI=1S/C16H17ClN2O/c17-14-3-1-12(2-4-14)13-7-15(9-19-8-13)20-11-16(10-18)5-6-16/h1-4,7-9H,5-6,10-11,18H2. The van der Waals surface area contributed by atoms with E-state index in [1.807, 2.05) is 36.5 Å². The topological polar surface area (TPSA) is 48.1 Å². The molecular weight excluding hydrogens is 272 g/mol. The third kappa shape index (κ3) is 2.94. The molecule has 20 heavy (non-hydrogen) atoms. The van der Waals surface area contributed by atoms with E-state index in [4.69, 9.17) is 22.1 Å². The second-order valence-corrected chi connectivity index (χ2v) is 5.85. The molecule has 0 saturated heterocycles. The first-order valence-corrected chi connectivity index (χ1v) is 7.12. The van der Waals surface area contributed by atoms with Crippen LogP contribution < -0.4 is 10.5 Å². The highest BCUT2D eigenvalue weighted by Crippen LogP contribution is 2.44. The Morgan fingerprint density at radius 2 is 1.90 bits per heavy atom. The van der Waals surface area contributed by atoms with Gasteiger partial charge in [-0.15, -0.1) is 0 Å². The summed E-state index contributed by atoms with van der Waals surface area (Å²) in [4.78, 5) is 4.24. The van der Waals surface area contributed by atoms with E-state index in [2.05, 4.69) is 4.98 Å². The van der Waals surface area contributed by atoms with E-state index in [9.17, 15) is 0 Å². The van der Waals surface area contributed by atoms with Crippen LogP contribution in [0.3, 0.4) is 0 Å². The second-order valence-electron chi connectivity index (χ2n) is 5.41. The Hall–Kier alpha value is -1.58. The fraction of sp³-hybridized carbons (Fsp3) is 0.312. The van der Waals surface area contributed by atoms with Crippen molar-refractivity contribution in [3.63, 3.8) is 0 Å². The quantitative estimate of drug-likeness (QED) is 0.916. The molecular formula is C16H17ClN2O. The van der Waals surface area contributed by atoms with Crippen molar-refractivity contribution in [2.45, 2.75) is 12.8 Å². The largest absolute Gasteiger partial charge is 0.491 e. The van der Waals surface area contributed by atoms with Gasteiger partial charge in [0.2, 0.25) is 0 Å². The lowest BCUT2D eigenvalue weighted by molar-refractivity contribution is 0.238. The first-order valence-electron chi connectivity index (χ1n) is 6.75. The minimum atomic E-state index is 0.205. The van der Waals surface area contributed by atoms with Gasteiger partial charge in [0.1, 0.15) is 5.75 Å². The predicted octanol–water partition coefficient (Wildman–Crippen LogP) is 3.52. The van der Waals surface area contributed by atoms with Gasteiger partial charge in [-0.3, -0.25) is 4.98 Å². The monoisotopic (exact) mass is 288 g/mol. The molecule has 2 aromatic rings. The van der Waals surface area contributed by atoms with Crippen molar-refractivity contribution in [3.05, 3.63) is 47.7 Å². The predicted molar refractivity (Wildman–Crippen MR) is 80.9 cm³/mol. The Morgan fingerprint density at radius 3 is 2.55 bits per heavy atom. The van der Waals surface area contributed by atoms with Crippen LogP contribution in [0.25, 0.3) is 11.1 Å². The Kier molecular flexibility index (Phi) is 3.64. The van der Waals surface area contributed by atoms with E-state index < -0.39 is 0 Å². The third-order valence-corrected chi connectivity index (χ3v) is 4.08. The van der Waals surface area contributed by atoms with Crippen LogP contribution in [0.4, 0.5) is 0 Å². The van der Waals surface area contributed by atoms with Gasteiger partial charge in [0.15, 0.2) is 0 Å². The first kappa shape index (κ1) is 13.4. The van der Waals surface area contributed by atoms with Gasteiger partial charge in [-0.05, 0) is 36.6 Å². The summed E-state index contributed by atoms with van der Waals surface area (Å²) in [5.74, 6) is 0.789. The molecule has 0 atom stereocenters. The highest BCUT2D eigenvalue weighted by Gasteiger charge is 2.42. The normalized spacial score (nSPS) is 15.9. The first-order chi connectivity index (χ1) is 9.71. The van der Waals surface area contributed by atoms with Crippen molar-refractivity contribution in [1.82, 2.24) is 4.98 Å². The van der Waals surface area contributed by atoms with Crippen LogP contribution in [-0.4, -0.2) is 18.1 Å². The fourth-order valence-electron chi connectivity index (χ4n) is 2.12. The molecule has 1 heterocycles. The van der Waals surface area contributed by atoms with Crippen LogP contribution >= 0.6 is 11.6 Å². The number of rotatable bonds is 5. The molecule has 0 bridgehead atoms. The lowest BCUT2D eigenvalue weighted by Gasteiger charge is -2.14. The molecule has 3 nitrogen and oxygen atoms in total. The number of benzene rings is 1. The molecule has 0 unspecified atom stereocenters. The van der Waals surface area contributed by atoms with Crippen molar-refractivity contribution in [2.24, 2.45) is 11.1 Å². The molecule has 104 valence electrons. The maximum Gasteiger partial charge on any atom is 0.138 e. The van der Waals surface area contributed by atoms with E-state index in [1.54, 1.807) is 6.20 Å². The molecule has 1 aliphatic carbocycles. The molecule has 1 saturated carbocycles. The zero-order valence-corrected chi connectivity index (χ0v) is 11.9. The molecule has 0 aliphatic heterocycles. The molecule has 1 aromatic carbocycles. The zero-order chi connectivity index (χ0) is 14.0. The van der Waals surface area contributed by atoms with Gasteiger partial charge in [0.25, 0.3) is 0 Å². The van der Waals surface area contributed by atoms with Gasteiger partial charge in [-0.1, -0.05) is 23.7 Å². The Bertz CT molecular complexity index is 594. The second kappa shape index (κ2) is 5.43. The number of nitrogens with zero attached hydrogens (tertiary/aromatic N) is 1. The SMILES string of the molecule is NCC1(COc2cncc(-c3ccc(Cl)cc3)c2)CC1. The Morgan fingerprint density at radius 1 is 1.15 bits per heavy atom. The van der Waals surface area contributed by atoms with E-state index in [-0.39, 0.29) is 5.41 Å². The molecule has 1 aromatic heterocycles. The van der Waals surface area contributed by atoms with E-state index in [0.29, 0.717) is 13.2 Å². The molecule has 0 spiro atoms. The summed E-state index contributed by atoms with van der Waals surface area (Å²) in [5.41, 5.74) is 8.07. The minimum absolute atomic E-state index is 0.205. The van der Waals surface area contributed by atoms with Crippen LogP contribution in [0, 0.1) is 5.41 Å². The lowest BCUT2D eigenvalue weighted by Crippen LogP contribution is -2.22. The fourth-order valence-corrected chi connectivity index (χ4v) is 2.24. The summed E-state index contributed by atoms with van der Waals surface area (Å²) >= 11 is 5.90. The van der Waals surface area contributed by atoms with Gasteiger partial charge >= 0.3 is 0 Å². The van der Waals surface area contributed by atoms with Crippen LogP contribution in [0.1, 0.15) is 12.8 Å². The van der Waals surface area contributed by atoms with Crippen molar-refractivity contribution in [1.29, 1.82) is 0 Å². The van der Waals surface area contributed by atoms with E-state index >= 15 is 0 Å². The maximum absolute atomic E-state index is 5.90. The number of aromatic nitrogens is 1. The van der Waals surface area contributed by atoms with E-state index in [0.717, 1.165) is 34.7 Å². The van der Waals surface area contributed by atoms with Crippen molar-refractivity contribution >= 4 is 11.6 Å². The summed E-state index contributed by atoms with van der Waals surface area (Å²) in [7, 11) is 0. The van der Waals surface area contributed by atoms with Gasteiger partial charge < -0.3 is 10.5 Å². The number of hydrogen-bond donors (Lipinski definition) is 1. The number of pyridine rings is 1. The van der Waals surface area contributed by atoms with Crippen LogP contribution in [-0.2, 0) is 0 Å². The van der Waals surface area contributed by atoms with Gasteiger partial charge in [-0.2, -0.15) is 0 Å². The number of hydrogen-bond acceptors (Lipinski definition) is 3. The van der Waals surface area contributed by atoms with Crippen LogP contribution in [0.5, 0.6) is 5.75 Å². The highest BCUT2D eigenvalue weighted by molar-refractivity contribution is 6.30. The van der Waals surface area contributed by atoms with Crippen molar-refractivity contribution in [2.75, 3.05) is 13.2 Å². The summed E-state index contributed by atoms with van der Waals surface area (Å²) in [6, 6.07) is 9.70. The summed E-state index contributed by atoms with van der Waals surface area (Å²) in [5, 5.41) is 0.729. The number of ether oxygens (including phenoxy) is 1. The smallest absolute Gasteiger partial charge is 0.138 e. The average molecular weight is 289 g/mol.